The van der Waals surface area contributed by atoms with E-state index in [0.717, 1.165) is 44.9 Å². The zero-order valence-corrected chi connectivity index (χ0v) is 35.7. The van der Waals surface area contributed by atoms with Crippen LogP contribution in [0.2, 0.25) is 0 Å². The Labute approximate surface area is 333 Å². The van der Waals surface area contributed by atoms with Crippen molar-refractivity contribution in [3.63, 3.8) is 0 Å². The Bertz CT molecular complexity index is 1880. The number of benzene rings is 3. The number of anilines is 2. The Morgan fingerprint density at radius 3 is 1.36 bits per heavy atom. The molecule has 0 bridgehead atoms. The SMILES string of the molecule is Cc1cc(C)c(C2=CCN(c3nn(OB(O)O)c(-c4c(C)cc(C)cc4C)c3N3CC=C(c4c(C)cc(C)cc4C)N3)N2)c(C)c1.[Cl-].[Cl-].[Cl-].[Hf]. The van der Waals surface area contributed by atoms with Crippen LogP contribution in [-0.4, -0.2) is 40.4 Å². The van der Waals surface area contributed by atoms with Gasteiger partial charge in [0.1, 0.15) is 11.4 Å². The predicted molar refractivity (Wildman–Crippen MR) is 187 cm³/mol. The van der Waals surface area contributed by atoms with Gasteiger partial charge in [-0.1, -0.05) is 53.1 Å². The van der Waals surface area contributed by atoms with E-state index in [0.29, 0.717) is 24.6 Å². The van der Waals surface area contributed by atoms with Crippen molar-refractivity contribution < 1.29 is 77.9 Å². The predicted octanol–water partition coefficient (Wildman–Crippen LogP) is -3.54. The van der Waals surface area contributed by atoms with Crippen LogP contribution in [0.25, 0.3) is 22.7 Å². The molecule has 0 aliphatic carbocycles. The largest absolute Gasteiger partial charge is 1.00 e. The van der Waals surface area contributed by atoms with E-state index in [1.54, 1.807) is 0 Å². The molecule has 2 aliphatic rings. The van der Waals surface area contributed by atoms with Crippen molar-refractivity contribution in [2.75, 3.05) is 23.1 Å². The van der Waals surface area contributed by atoms with Gasteiger partial charge in [-0.2, -0.15) is 0 Å². The average Bonchev–Trinajstić information content (AvgIpc) is 3.67. The summed E-state index contributed by atoms with van der Waals surface area (Å²) in [4.78, 5) is 1.25. The first-order valence-corrected chi connectivity index (χ1v) is 15.7. The van der Waals surface area contributed by atoms with Crippen molar-refractivity contribution in [2.45, 2.75) is 62.3 Å². The molecule has 6 rings (SSSR count). The van der Waals surface area contributed by atoms with Crippen LogP contribution in [0.3, 0.4) is 0 Å². The first-order valence-electron chi connectivity index (χ1n) is 15.7. The maximum atomic E-state index is 10.0. The number of hydrogen-bond donors (Lipinski definition) is 4. The molecule has 3 aromatic carbocycles. The first kappa shape index (κ1) is 43.2. The summed E-state index contributed by atoms with van der Waals surface area (Å²) < 4.78 is 5.58. The van der Waals surface area contributed by atoms with Crippen molar-refractivity contribution in [2.24, 2.45) is 0 Å². The van der Waals surface area contributed by atoms with Gasteiger partial charge in [-0.3, -0.25) is 20.9 Å². The number of aryl methyl sites for hydroxylation is 9. The number of aromatic nitrogens is 2. The fraction of sp³-hybridized carbons (Fsp3) is 0.306. The van der Waals surface area contributed by atoms with Crippen LogP contribution in [0.4, 0.5) is 11.5 Å². The van der Waals surface area contributed by atoms with Gasteiger partial charge >= 0.3 is 7.32 Å². The van der Waals surface area contributed by atoms with Crippen LogP contribution < -0.4 is 62.8 Å². The smallest absolute Gasteiger partial charge is 0.729 e. The van der Waals surface area contributed by atoms with E-state index in [4.69, 9.17) is 9.85 Å². The molecular weight excluding hydrogens is 860 g/mol. The van der Waals surface area contributed by atoms with Crippen LogP contribution in [0.15, 0.2) is 48.6 Å². The van der Waals surface area contributed by atoms with Crippen LogP contribution in [0, 0.1) is 62.3 Å². The molecule has 0 fully saturated rings. The molecule has 14 heteroatoms. The molecule has 0 amide bonds. The van der Waals surface area contributed by atoms with Crippen LogP contribution in [0.1, 0.15) is 61.2 Å². The number of nitrogens with zero attached hydrogens (tertiary/aromatic N) is 4. The van der Waals surface area contributed by atoms with E-state index < -0.39 is 7.32 Å². The van der Waals surface area contributed by atoms with Gasteiger partial charge in [-0.25, -0.2) is 0 Å². The fourth-order valence-corrected chi connectivity index (χ4v) is 7.39. The van der Waals surface area contributed by atoms with Gasteiger partial charge in [0, 0.05) is 42.5 Å². The van der Waals surface area contributed by atoms with E-state index in [1.807, 2.05) is 5.01 Å². The zero-order valence-electron chi connectivity index (χ0n) is 29.8. The molecule has 1 aromatic heterocycles. The second kappa shape index (κ2) is 17.1. The Kier molecular flexibility index (Phi) is 14.8. The molecule has 9 nitrogen and oxygen atoms in total. The standard InChI is InChI=1S/C36H43BN6O3.3ClH.Hf/c1-20-14-23(4)31(24(5)15-20)29-10-12-41(38-29)35-34(33-27(8)18-22(3)19-28(33)9)43(46-37(44)45)40-36(35)42-13-11-30(39-42)32-25(6)16-21(2)17-26(32)7;;;;/h10-11,14-19,38-39,44-45H,12-13H2,1-9H3;3*1H;/p-3. The van der Waals surface area contributed by atoms with Crippen LogP contribution >= 0.6 is 0 Å². The van der Waals surface area contributed by atoms with Crippen LogP contribution in [0.5, 0.6) is 0 Å². The van der Waals surface area contributed by atoms with Gasteiger partial charge in [-0.05, 0) is 108 Å². The van der Waals surface area contributed by atoms with Gasteiger partial charge < -0.3 is 52.0 Å². The summed E-state index contributed by atoms with van der Waals surface area (Å²) in [5.74, 6) is 0.586. The molecule has 266 valence electrons. The molecule has 50 heavy (non-hydrogen) atoms. The fourth-order valence-electron chi connectivity index (χ4n) is 7.39. The minimum atomic E-state index is -2.07. The van der Waals surface area contributed by atoms with E-state index in [-0.39, 0.29) is 63.1 Å². The molecular formula is C36H43BCl3HfN6O3-3. The molecule has 2 aliphatic heterocycles. The van der Waals surface area contributed by atoms with Crippen molar-refractivity contribution in [1.29, 1.82) is 0 Å². The van der Waals surface area contributed by atoms with Gasteiger partial charge in [0.2, 0.25) is 0 Å². The van der Waals surface area contributed by atoms with Gasteiger partial charge in [-0.15, -0.1) is 9.94 Å². The summed E-state index contributed by atoms with van der Waals surface area (Å²) in [5.41, 5.74) is 24.4. The number of rotatable bonds is 7. The Balaban J connectivity index is 0.00000217. The number of nitrogens with one attached hydrogen (secondary N) is 2. The molecule has 3 heterocycles. The number of hydrogen-bond acceptors (Lipinski definition) is 8. The maximum Gasteiger partial charge on any atom is 0.729 e. The molecule has 4 N–H and O–H groups in total. The van der Waals surface area contributed by atoms with Gasteiger partial charge in [0.05, 0.1) is 24.5 Å². The van der Waals surface area contributed by atoms with Crippen molar-refractivity contribution >= 4 is 30.2 Å². The second-order valence-electron chi connectivity index (χ2n) is 12.8. The molecule has 0 spiro atoms. The quantitative estimate of drug-likeness (QED) is 0.142. The summed E-state index contributed by atoms with van der Waals surface area (Å²) in [6, 6.07) is 13.0. The number of hydrazine groups is 2. The normalized spacial score (nSPS) is 13.2. The second-order valence-corrected chi connectivity index (χ2v) is 12.8. The molecule has 0 unspecified atom stereocenters. The third kappa shape index (κ3) is 8.24. The van der Waals surface area contributed by atoms with Gasteiger partial charge in [0.25, 0.3) is 0 Å². The molecule has 4 aromatic rings. The Morgan fingerprint density at radius 1 is 0.600 bits per heavy atom. The van der Waals surface area contributed by atoms with E-state index in [1.165, 1.54) is 43.8 Å². The summed E-state index contributed by atoms with van der Waals surface area (Å²) in [6.45, 7) is 20.1. The summed E-state index contributed by atoms with van der Waals surface area (Å²) in [7, 11) is -2.07. The third-order valence-electron chi connectivity index (χ3n) is 8.81. The van der Waals surface area contributed by atoms with E-state index in [9.17, 15) is 10.0 Å². The summed E-state index contributed by atoms with van der Waals surface area (Å²) in [5, 5.41) is 29.0. The number of halogens is 3. The first-order chi connectivity index (χ1) is 21.8. The molecule has 0 saturated heterocycles. The maximum absolute atomic E-state index is 10.0. The zero-order chi connectivity index (χ0) is 33.0. The minimum absolute atomic E-state index is 0. The van der Waals surface area contributed by atoms with E-state index >= 15 is 0 Å². The molecule has 0 radical (unpaired) electrons. The molecule has 0 saturated carbocycles. The minimum Gasteiger partial charge on any atom is -1.00 e. The summed E-state index contributed by atoms with van der Waals surface area (Å²) in [6.07, 6.45) is 4.35. The van der Waals surface area contributed by atoms with Crippen molar-refractivity contribution in [3.8, 4) is 11.3 Å². The van der Waals surface area contributed by atoms with Gasteiger partial charge in [0.15, 0.2) is 5.82 Å². The third-order valence-corrected chi connectivity index (χ3v) is 8.81. The van der Waals surface area contributed by atoms with E-state index in [2.05, 4.69) is 127 Å². The summed E-state index contributed by atoms with van der Waals surface area (Å²) >= 11 is 0. The Morgan fingerprint density at radius 2 is 0.960 bits per heavy atom. The van der Waals surface area contributed by atoms with Crippen molar-refractivity contribution in [3.05, 3.63) is 110 Å². The Hall–Kier alpha value is -2.92. The van der Waals surface area contributed by atoms with Crippen LogP contribution in [-0.2, 0) is 25.8 Å². The monoisotopic (exact) mass is 903 g/mol. The molecule has 0 atom stereocenters. The average molecular weight is 903 g/mol. The topological polar surface area (TPSA) is 98.0 Å². The van der Waals surface area contributed by atoms with Crippen molar-refractivity contribution in [1.82, 2.24) is 20.8 Å².